The number of halogens is 1. The summed E-state index contributed by atoms with van der Waals surface area (Å²) < 4.78 is 5.95. The molecule has 0 saturated carbocycles. The average Bonchev–Trinajstić information content (AvgIpc) is 2.53. The lowest BCUT2D eigenvalue weighted by Gasteiger charge is -2.30. The van der Waals surface area contributed by atoms with E-state index in [4.69, 9.17) is 9.84 Å². The van der Waals surface area contributed by atoms with Crippen molar-refractivity contribution in [3.63, 3.8) is 0 Å². The number of benzene rings is 1. The smallest absolute Gasteiger partial charge is 0.307 e. The van der Waals surface area contributed by atoms with E-state index in [1.165, 1.54) is 0 Å². The van der Waals surface area contributed by atoms with Crippen LogP contribution >= 0.6 is 15.9 Å². The van der Waals surface area contributed by atoms with Gasteiger partial charge in [0, 0.05) is 10.5 Å². The Morgan fingerprint density at radius 1 is 1.15 bits per heavy atom. The summed E-state index contributed by atoms with van der Waals surface area (Å²) in [7, 11) is 0. The van der Waals surface area contributed by atoms with E-state index in [-0.39, 0.29) is 25.4 Å². The van der Waals surface area contributed by atoms with Gasteiger partial charge in [0.05, 0.1) is 25.4 Å². The predicted octanol–water partition coefficient (Wildman–Crippen LogP) is 3.57. The predicted molar refractivity (Wildman–Crippen MR) is 106 cm³/mol. The molecule has 150 valence electrons. The minimum atomic E-state index is -1.03. The Hall–Kier alpha value is -1.89. The van der Waals surface area contributed by atoms with E-state index in [9.17, 15) is 14.4 Å². The maximum Gasteiger partial charge on any atom is 0.307 e. The van der Waals surface area contributed by atoms with Crippen LogP contribution in [0, 0.1) is 11.3 Å². The molecule has 2 atom stereocenters. The molecule has 1 aromatic rings. The number of carbonyl (C=O) groups excluding carboxylic acids is 2. The maximum absolute atomic E-state index is 12.8. The Bertz CT molecular complexity index is 651. The number of ether oxygens (including phenoxy) is 1. The highest BCUT2D eigenvalue weighted by Gasteiger charge is 2.34. The van der Waals surface area contributed by atoms with Gasteiger partial charge in [-0.2, -0.15) is 0 Å². The molecule has 1 amide bonds. The number of carboxylic acids is 1. The van der Waals surface area contributed by atoms with Crippen LogP contribution in [0.25, 0.3) is 0 Å². The third-order valence-electron chi connectivity index (χ3n) is 4.20. The second kappa shape index (κ2) is 10.4. The molecule has 1 rings (SSSR count). The van der Waals surface area contributed by atoms with Gasteiger partial charge in [0.2, 0.25) is 5.91 Å². The number of carboxylic acid groups (broad SMARTS) is 1. The molecule has 0 aliphatic heterocycles. The highest BCUT2D eigenvalue weighted by molar-refractivity contribution is 9.10. The lowest BCUT2D eigenvalue weighted by molar-refractivity contribution is -0.145. The third kappa shape index (κ3) is 8.56. The van der Waals surface area contributed by atoms with Crippen LogP contribution in [0.15, 0.2) is 28.7 Å². The SMILES string of the molecule is CCOC(=O)CC(Cc1ccc(Br)cc1)NC(=O)[C@H](CC(=O)O)C(C)(C)C. The zero-order valence-electron chi connectivity index (χ0n) is 16.3. The number of aliphatic carboxylic acids is 1. The molecule has 7 heteroatoms. The molecule has 1 aromatic carbocycles. The van der Waals surface area contributed by atoms with E-state index in [1.54, 1.807) is 6.92 Å². The summed E-state index contributed by atoms with van der Waals surface area (Å²) in [5.74, 6) is -2.49. The molecular formula is C20H28BrNO5. The summed E-state index contributed by atoms with van der Waals surface area (Å²) in [6.45, 7) is 7.48. The maximum atomic E-state index is 12.8. The topological polar surface area (TPSA) is 92.7 Å². The number of hydrogen-bond acceptors (Lipinski definition) is 4. The molecule has 0 aliphatic carbocycles. The normalized spacial score (nSPS) is 13.5. The first-order valence-corrected chi connectivity index (χ1v) is 9.74. The van der Waals surface area contributed by atoms with Gasteiger partial charge < -0.3 is 15.2 Å². The van der Waals surface area contributed by atoms with Crippen molar-refractivity contribution in [2.75, 3.05) is 6.61 Å². The van der Waals surface area contributed by atoms with Crippen LogP contribution in [-0.2, 0) is 25.5 Å². The molecular weight excluding hydrogens is 414 g/mol. The lowest BCUT2D eigenvalue weighted by Crippen LogP contribution is -2.45. The molecule has 0 aromatic heterocycles. The molecule has 6 nitrogen and oxygen atoms in total. The van der Waals surface area contributed by atoms with Crippen molar-refractivity contribution in [2.45, 2.75) is 53.0 Å². The summed E-state index contributed by atoms with van der Waals surface area (Å²) in [5.41, 5.74) is 0.438. The Morgan fingerprint density at radius 2 is 1.74 bits per heavy atom. The van der Waals surface area contributed by atoms with E-state index in [1.807, 2.05) is 45.0 Å². The molecule has 0 aliphatic rings. The summed E-state index contributed by atoms with van der Waals surface area (Å²) in [6.07, 6.45) is 0.209. The monoisotopic (exact) mass is 441 g/mol. The van der Waals surface area contributed by atoms with Crippen molar-refractivity contribution >= 4 is 33.8 Å². The van der Waals surface area contributed by atoms with Crippen LogP contribution in [0.4, 0.5) is 0 Å². The van der Waals surface area contributed by atoms with E-state index < -0.39 is 29.3 Å². The molecule has 0 radical (unpaired) electrons. The molecule has 0 fully saturated rings. The summed E-state index contributed by atoms with van der Waals surface area (Å²) in [6, 6.07) is 7.12. The average molecular weight is 442 g/mol. The van der Waals surface area contributed by atoms with Gasteiger partial charge in [-0.25, -0.2) is 0 Å². The van der Waals surface area contributed by atoms with Gasteiger partial charge in [0.15, 0.2) is 0 Å². The molecule has 0 spiro atoms. The van der Waals surface area contributed by atoms with Crippen LogP contribution < -0.4 is 5.32 Å². The fourth-order valence-corrected chi connectivity index (χ4v) is 3.03. The van der Waals surface area contributed by atoms with E-state index in [2.05, 4.69) is 21.2 Å². The Kier molecular flexibility index (Phi) is 8.96. The highest BCUT2D eigenvalue weighted by Crippen LogP contribution is 2.29. The van der Waals surface area contributed by atoms with Crippen LogP contribution in [0.2, 0.25) is 0 Å². The molecule has 0 heterocycles. The zero-order valence-corrected chi connectivity index (χ0v) is 17.8. The fourth-order valence-electron chi connectivity index (χ4n) is 2.77. The summed E-state index contributed by atoms with van der Waals surface area (Å²) in [4.78, 5) is 35.9. The van der Waals surface area contributed by atoms with Crippen LogP contribution in [0.5, 0.6) is 0 Å². The molecule has 1 unspecified atom stereocenters. The number of carbonyl (C=O) groups is 3. The zero-order chi connectivity index (χ0) is 20.6. The summed E-state index contributed by atoms with van der Waals surface area (Å²) >= 11 is 3.38. The van der Waals surface area contributed by atoms with Crippen molar-refractivity contribution in [2.24, 2.45) is 11.3 Å². The lowest BCUT2D eigenvalue weighted by atomic mass is 9.78. The quantitative estimate of drug-likeness (QED) is 0.571. The van der Waals surface area contributed by atoms with Gasteiger partial charge in [-0.15, -0.1) is 0 Å². The number of amides is 1. The van der Waals surface area contributed by atoms with Gasteiger partial charge in [-0.3, -0.25) is 14.4 Å². The first-order chi connectivity index (χ1) is 12.5. The fraction of sp³-hybridized carbons (Fsp3) is 0.550. The van der Waals surface area contributed by atoms with E-state index in [0.29, 0.717) is 6.42 Å². The number of rotatable bonds is 9. The molecule has 0 bridgehead atoms. The van der Waals surface area contributed by atoms with E-state index >= 15 is 0 Å². The Balaban J connectivity index is 2.95. The van der Waals surface area contributed by atoms with Crippen molar-refractivity contribution in [3.05, 3.63) is 34.3 Å². The second-order valence-corrected chi connectivity index (χ2v) is 8.48. The van der Waals surface area contributed by atoms with Crippen molar-refractivity contribution < 1.29 is 24.2 Å². The number of hydrogen-bond donors (Lipinski definition) is 2. The number of esters is 1. The van der Waals surface area contributed by atoms with Crippen molar-refractivity contribution in [3.8, 4) is 0 Å². The minimum Gasteiger partial charge on any atom is -0.481 e. The van der Waals surface area contributed by atoms with Crippen LogP contribution in [-0.4, -0.2) is 35.6 Å². The minimum absolute atomic E-state index is 0.0274. The van der Waals surface area contributed by atoms with Crippen molar-refractivity contribution in [1.82, 2.24) is 5.32 Å². The van der Waals surface area contributed by atoms with Gasteiger partial charge in [-0.05, 0) is 36.5 Å². The van der Waals surface area contributed by atoms with Gasteiger partial charge in [0.25, 0.3) is 0 Å². The van der Waals surface area contributed by atoms with Crippen molar-refractivity contribution in [1.29, 1.82) is 0 Å². The Morgan fingerprint density at radius 3 is 2.22 bits per heavy atom. The van der Waals surface area contributed by atoms with Crippen LogP contribution in [0.1, 0.15) is 46.1 Å². The Labute approximate surface area is 168 Å². The number of nitrogens with one attached hydrogen (secondary N) is 1. The summed E-state index contributed by atoms with van der Waals surface area (Å²) in [5, 5.41) is 12.0. The first-order valence-electron chi connectivity index (χ1n) is 8.95. The molecule has 0 saturated heterocycles. The van der Waals surface area contributed by atoms with E-state index in [0.717, 1.165) is 10.0 Å². The van der Waals surface area contributed by atoms with Crippen LogP contribution in [0.3, 0.4) is 0 Å². The molecule has 2 N–H and O–H groups in total. The third-order valence-corrected chi connectivity index (χ3v) is 4.73. The highest BCUT2D eigenvalue weighted by atomic mass is 79.9. The van der Waals surface area contributed by atoms with Gasteiger partial charge >= 0.3 is 11.9 Å². The van der Waals surface area contributed by atoms with Gasteiger partial charge in [-0.1, -0.05) is 48.8 Å². The van der Waals surface area contributed by atoms with Gasteiger partial charge in [0.1, 0.15) is 0 Å². The first kappa shape index (κ1) is 23.1. The second-order valence-electron chi connectivity index (χ2n) is 7.56. The standard InChI is InChI=1S/C20H28BrNO5/c1-5-27-18(25)11-15(10-13-6-8-14(21)9-7-13)22-19(26)16(12-17(23)24)20(2,3)4/h6-9,15-16H,5,10-12H2,1-4H3,(H,22,26)(H,23,24)/t15?,16-/m0/s1. The molecule has 27 heavy (non-hydrogen) atoms. The largest absolute Gasteiger partial charge is 0.481 e.